The molecule has 26 heavy (non-hydrogen) atoms. The highest BCUT2D eigenvalue weighted by molar-refractivity contribution is 6.32. The molecule has 0 radical (unpaired) electrons. The van der Waals surface area contributed by atoms with Crippen molar-refractivity contribution < 1.29 is 19.0 Å². The fraction of sp³-hybridized carbons (Fsp3) is 0.353. The van der Waals surface area contributed by atoms with Gasteiger partial charge in [0.15, 0.2) is 0 Å². The molecule has 1 amide bonds. The Labute approximate surface area is 156 Å². The van der Waals surface area contributed by atoms with Crippen molar-refractivity contribution in [3.8, 4) is 11.5 Å². The van der Waals surface area contributed by atoms with Crippen molar-refractivity contribution in [2.75, 3.05) is 45.8 Å². The lowest BCUT2D eigenvalue weighted by Crippen LogP contribution is -2.41. The maximum atomic E-state index is 12.6. The molecular formula is C17H19ClN4O4. The van der Waals surface area contributed by atoms with Gasteiger partial charge in [0.1, 0.15) is 17.2 Å². The molecule has 2 aromatic rings. The average molecular weight is 379 g/mol. The summed E-state index contributed by atoms with van der Waals surface area (Å²) in [6, 6.07) is 4.90. The van der Waals surface area contributed by atoms with Crippen LogP contribution in [0.2, 0.25) is 5.02 Å². The summed E-state index contributed by atoms with van der Waals surface area (Å²) in [7, 11) is 3.05. The third-order valence-corrected chi connectivity index (χ3v) is 4.19. The Kier molecular flexibility index (Phi) is 5.75. The van der Waals surface area contributed by atoms with Gasteiger partial charge in [-0.15, -0.1) is 0 Å². The van der Waals surface area contributed by atoms with Crippen molar-refractivity contribution in [2.45, 2.75) is 0 Å². The molecule has 1 aromatic heterocycles. The number of hydrogen-bond acceptors (Lipinski definition) is 7. The number of nitrogens with one attached hydrogen (secondary N) is 1. The zero-order valence-electron chi connectivity index (χ0n) is 14.5. The Morgan fingerprint density at radius 1 is 1.23 bits per heavy atom. The molecule has 138 valence electrons. The highest BCUT2D eigenvalue weighted by atomic mass is 35.5. The topological polar surface area (TPSA) is 85.8 Å². The number of carbonyl (C=O) groups excluding carboxylic acids is 1. The van der Waals surface area contributed by atoms with Gasteiger partial charge in [-0.3, -0.25) is 4.79 Å². The van der Waals surface area contributed by atoms with Gasteiger partial charge in [0.25, 0.3) is 5.91 Å². The molecule has 0 bridgehead atoms. The molecule has 1 fully saturated rings. The van der Waals surface area contributed by atoms with E-state index in [4.69, 9.17) is 25.8 Å². The van der Waals surface area contributed by atoms with Gasteiger partial charge >= 0.3 is 0 Å². The fourth-order valence-electron chi connectivity index (χ4n) is 2.55. The average Bonchev–Trinajstić information content (AvgIpc) is 2.69. The molecule has 1 aliphatic heterocycles. The van der Waals surface area contributed by atoms with Crippen molar-refractivity contribution in [2.24, 2.45) is 0 Å². The molecule has 0 aliphatic carbocycles. The van der Waals surface area contributed by atoms with E-state index in [1.165, 1.54) is 20.4 Å². The van der Waals surface area contributed by atoms with Crippen LogP contribution < -0.4 is 14.8 Å². The van der Waals surface area contributed by atoms with Crippen LogP contribution in [0.3, 0.4) is 0 Å². The van der Waals surface area contributed by atoms with Gasteiger partial charge in [0.2, 0.25) is 5.95 Å². The second-order valence-corrected chi connectivity index (χ2v) is 5.89. The van der Waals surface area contributed by atoms with Gasteiger partial charge in [-0.05, 0) is 6.07 Å². The minimum atomic E-state index is -0.153. The number of benzene rings is 1. The molecule has 0 atom stereocenters. The largest absolute Gasteiger partial charge is 0.495 e. The quantitative estimate of drug-likeness (QED) is 0.854. The highest BCUT2D eigenvalue weighted by Crippen LogP contribution is 2.36. The lowest BCUT2D eigenvalue weighted by atomic mass is 10.2. The van der Waals surface area contributed by atoms with E-state index in [-0.39, 0.29) is 11.9 Å². The van der Waals surface area contributed by atoms with Crippen LogP contribution in [0.1, 0.15) is 10.5 Å². The Morgan fingerprint density at radius 2 is 1.96 bits per heavy atom. The number of rotatable bonds is 5. The second-order valence-electron chi connectivity index (χ2n) is 5.48. The molecule has 2 heterocycles. The number of nitrogens with zero attached hydrogens (tertiary/aromatic N) is 3. The van der Waals surface area contributed by atoms with E-state index >= 15 is 0 Å². The zero-order chi connectivity index (χ0) is 18.5. The predicted octanol–water partition coefficient (Wildman–Crippen LogP) is 2.36. The number of amides is 1. The van der Waals surface area contributed by atoms with Crippen LogP contribution in [-0.4, -0.2) is 61.3 Å². The van der Waals surface area contributed by atoms with Gasteiger partial charge in [-0.2, -0.15) is 0 Å². The predicted molar refractivity (Wildman–Crippen MR) is 96.6 cm³/mol. The molecule has 1 aliphatic rings. The van der Waals surface area contributed by atoms with Crippen molar-refractivity contribution in [3.05, 3.63) is 35.1 Å². The van der Waals surface area contributed by atoms with Gasteiger partial charge in [0, 0.05) is 31.4 Å². The van der Waals surface area contributed by atoms with Gasteiger partial charge in [-0.1, -0.05) is 11.6 Å². The minimum absolute atomic E-state index is 0.153. The van der Waals surface area contributed by atoms with Gasteiger partial charge in [0.05, 0.1) is 38.1 Å². The van der Waals surface area contributed by atoms with Gasteiger partial charge in [-0.25, -0.2) is 9.97 Å². The number of carbonyl (C=O) groups is 1. The van der Waals surface area contributed by atoms with Crippen LogP contribution in [0.25, 0.3) is 0 Å². The van der Waals surface area contributed by atoms with E-state index in [0.29, 0.717) is 54.2 Å². The van der Waals surface area contributed by atoms with E-state index < -0.39 is 0 Å². The SMILES string of the molecule is COc1cc(Nc2nccc(C(=O)N3CCOCC3)n2)c(OC)cc1Cl. The minimum Gasteiger partial charge on any atom is -0.495 e. The number of halogens is 1. The summed E-state index contributed by atoms with van der Waals surface area (Å²) in [5.74, 6) is 1.10. The van der Waals surface area contributed by atoms with E-state index in [2.05, 4.69) is 15.3 Å². The maximum absolute atomic E-state index is 12.6. The van der Waals surface area contributed by atoms with Crippen LogP contribution in [0.4, 0.5) is 11.6 Å². The third-order valence-electron chi connectivity index (χ3n) is 3.89. The summed E-state index contributed by atoms with van der Waals surface area (Å²) < 4.78 is 15.8. The molecule has 3 rings (SSSR count). The molecule has 0 saturated carbocycles. The summed E-state index contributed by atoms with van der Waals surface area (Å²) in [5, 5.41) is 3.47. The number of anilines is 2. The number of methoxy groups -OCH3 is 2. The summed E-state index contributed by atoms with van der Waals surface area (Å²) >= 11 is 6.11. The van der Waals surface area contributed by atoms with Crippen LogP contribution >= 0.6 is 11.6 Å². The third kappa shape index (κ3) is 3.97. The summed E-state index contributed by atoms with van der Waals surface area (Å²) in [6.07, 6.45) is 1.53. The van der Waals surface area contributed by atoms with E-state index in [9.17, 15) is 4.79 Å². The summed E-state index contributed by atoms with van der Waals surface area (Å²) in [5.41, 5.74) is 0.883. The molecule has 1 aromatic carbocycles. The van der Waals surface area contributed by atoms with Crippen LogP contribution in [0, 0.1) is 0 Å². The van der Waals surface area contributed by atoms with Crippen molar-refractivity contribution in [3.63, 3.8) is 0 Å². The Morgan fingerprint density at radius 3 is 2.65 bits per heavy atom. The van der Waals surface area contributed by atoms with Crippen LogP contribution in [-0.2, 0) is 4.74 Å². The van der Waals surface area contributed by atoms with Crippen LogP contribution in [0.15, 0.2) is 24.4 Å². The standard InChI is InChI=1S/C17H19ClN4O4/c1-24-14-10-13(15(25-2)9-11(14)18)21-17-19-4-3-12(20-17)16(23)22-5-7-26-8-6-22/h3-4,9-10H,5-8H2,1-2H3,(H,19,20,21). The molecule has 8 nitrogen and oxygen atoms in total. The Balaban J connectivity index is 1.84. The van der Waals surface area contributed by atoms with E-state index in [1.54, 1.807) is 23.1 Å². The zero-order valence-corrected chi connectivity index (χ0v) is 15.2. The Hall–Kier alpha value is -2.58. The highest BCUT2D eigenvalue weighted by Gasteiger charge is 2.20. The molecule has 1 saturated heterocycles. The first-order valence-electron chi connectivity index (χ1n) is 8.01. The number of hydrogen-bond donors (Lipinski definition) is 1. The monoisotopic (exact) mass is 378 g/mol. The summed E-state index contributed by atoms with van der Waals surface area (Å²) in [4.78, 5) is 22.8. The molecule has 0 spiro atoms. The fourth-order valence-corrected chi connectivity index (χ4v) is 2.78. The lowest BCUT2D eigenvalue weighted by molar-refractivity contribution is 0.0299. The van der Waals surface area contributed by atoms with Crippen molar-refractivity contribution in [1.29, 1.82) is 0 Å². The molecule has 1 N–H and O–H groups in total. The Bertz CT molecular complexity index is 796. The van der Waals surface area contributed by atoms with E-state index in [0.717, 1.165) is 0 Å². The first-order chi connectivity index (χ1) is 12.6. The number of morpholine rings is 1. The number of ether oxygens (including phenoxy) is 3. The van der Waals surface area contributed by atoms with E-state index in [1.807, 2.05) is 0 Å². The first-order valence-corrected chi connectivity index (χ1v) is 8.38. The molecule has 0 unspecified atom stereocenters. The molecule has 9 heteroatoms. The molecular weight excluding hydrogens is 360 g/mol. The lowest BCUT2D eigenvalue weighted by Gasteiger charge is -2.26. The van der Waals surface area contributed by atoms with Crippen molar-refractivity contribution >= 4 is 29.1 Å². The first kappa shape index (κ1) is 18.2. The smallest absolute Gasteiger partial charge is 0.272 e. The maximum Gasteiger partial charge on any atom is 0.272 e. The second kappa shape index (κ2) is 8.20. The van der Waals surface area contributed by atoms with Crippen LogP contribution in [0.5, 0.6) is 11.5 Å². The van der Waals surface area contributed by atoms with Gasteiger partial charge < -0.3 is 24.4 Å². The van der Waals surface area contributed by atoms with Crippen molar-refractivity contribution in [1.82, 2.24) is 14.9 Å². The normalized spacial score (nSPS) is 14.0. The summed E-state index contributed by atoms with van der Waals surface area (Å²) in [6.45, 7) is 2.16. The number of aromatic nitrogens is 2.